The Bertz CT molecular complexity index is 470. The van der Waals surface area contributed by atoms with Crippen LogP contribution in [0.1, 0.15) is 26.3 Å². The molecule has 4 nitrogen and oxygen atoms in total. The smallest absolute Gasteiger partial charge is 0.242 e. The summed E-state index contributed by atoms with van der Waals surface area (Å²) in [6.07, 6.45) is 0.711. The lowest BCUT2D eigenvalue weighted by Crippen LogP contribution is -2.42. The first-order chi connectivity index (χ1) is 9.97. The SMILES string of the molecule is CCN(CC)C(=O)CN(CCc1ccc(Cl)cc1)C(C)=O. The number of likely N-dealkylation sites (N-methyl/N-ethyl adjacent to an activating group) is 1. The first kappa shape index (κ1) is 17.5. The maximum atomic E-state index is 12.1. The predicted molar refractivity (Wildman–Crippen MR) is 85.3 cm³/mol. The van der Waals surface area contributed by atoms with Crippen molar-refractivity contribution in [2.75, 3.05) is 26.2 Å². The van der Waals surface area contributed by atoms with Gasteiger partial charge in [-0.15, -0.1) is 0 Å². The van der Waals surface area contributed by atoms with Crippen LogP contribution < -0.4 is 0 Å². The monoisotopic (exact) mass is 310 g/mol. The van der Waals surface area contributed by atoms with Gasteiger partial charge in [0.1, 0.15) is 0 Å². The minimum Gasteiger partial charge on any atom is -0.342 e. The molecule has 1 aromatic carbocycles. The molecule has 0 fully saturated rings. The van der Waals surface area contributed by atoms with Gasteiger partial charge in [0.25, 0.3) is 0 Å². The molecule has 1 aromatic rings. The summed E-state index contributed by atoms with van der Waals surface area (Å²) < 4.78 is 0. The summed E-state index contributed by atoms with van der Waals surface area (Å²) in [5.74, 6) is -0.0872. The van der Waals surface area contributed by atoms with E-state index in [4.69, 9.17) is 11.6 Å². The highest BCUT2D eigenvalue weighted by Crippen LogP contribution is 2.10. The third-order valence-electron chi connectivity index (χ3n) is 3.47. The zero-order valence-electron chi connectivity index (χ0n) is 12.9. The molecule has 0 aliphatic heterocycles. The summed E-state index contributed by atoms with van der Waals surface area (Å²) in [6, 6.07) is 7.53. The minimum atomic E-state index is -0.0792. The van der Waals surface area contributed by atoms with Crippen LogP contribution in [-0.2, 0) is 16.0 Å². The van der Waals surface area contributed by atoms with E-state index in [9.17, 15) is 9.59 Å². The number of hydrogen-bond acceptors (Lipinski definition) is 2. The molecule has 2 amide bonds. The molecule has 0 heterocycles. The zero-order chi connectivity index (χ0) is 15.8. The average molecular weight is 311 g/mol. The van der Waals surface area contributed by atoms with Crippen LogP contribution in [0.25, 0.3) is 0 Å². The van der Waals surface area contributed by atoms with Crippen LogP contribution in [0, 0.1) is 0 Å². The zero-order valence-corrected chi connectivity index (χ0v) is 13.7. The van der Waals surface area contributed by atoms with Crippen molar-refractivity contribution in [2.24, 2.45) is 0 Å². The quantitative estimate of drug-likeness (QED) is 0.776. The summed E-state index contributed by atoms with van der Waals surface area (Å²) >= 11 is 5.85. The Kier molecular flexibility index (Phi) is 7.23. The Balaban J connectivity index is 2.59. The van der Waals surface area contributed by atoms with Gasteiger partial charge in [0.05, 0.1) is 6.54 Å². The van der Waals surface area contributed by atoms with E-state index in [2.05, 4.69) is 0 Å². The van der Waals surface area contributed by atoms with Gasteiger partial charge < -0.3 is 9.80 Å². The Morgan fingerprint density at radius 2 is 1.62 bits per heavy atom. The Labute approximate surface area is 131 Å². The fourth-order valence-electron chi connectivity index (χ4n) is 2.10. The van der Waals surface area contributed by atoms with Crippen LogP contribution in [0.2, 0.25) is 5.02 Å². The van der Waals surface area contributed by atoms with Gasteiger partial charge in [0, 0.05) is 31.6 Å². The normalized spacial score (nSPS) is 10.3. The molecular weight excluding hydrogens is 288 g/mol. The second-order valence-corrected chi connectivity index (χ2v) is 5.32. The van der Waals surface area contributed by atoms with Crippen LogP contribution in [-0.4, -0.2) is 47.8 Å². The summed E-state index contributed by atoms with van der Waals surface area (Å²) in [5.41, 5.74) is 1.10. The van der Waals surface area contributed by atoms with E-state index < -0.39 is 0 Å². The summed E-state index contributed by atoms with van der Waals surface area (Å²) in [7, 11) is 0. The molecule has 0 aromatic heterocycles. The number of nitrogens with zero attached hydrogens (tertiary/aromatic N) is 2. The maximum Gasteiger partial charge on any atom is 0.242 e. The largest absolute Gasteiger partial charge is 0.342 e. The van der Waals surface area contributed by atoms with Gasteiger partial charge >= 0.3 is 0 Å². The minimum absolute atomic E-state index is 0.00805. The van der Waals surface area contributed by atoms with E-state index in [0.717, 1.165) is 5.56 Å². The van der Waals surface area contributed by atoms with Gasteiger partial charge in [0.2, 0.25) is 11.8 Å². The highest BCUT2D eigenvalue weighted by Gasteiger charge is 2.17. The first-order valence-electron chi connectivity index (χ1n) is 7.25. The second kappa shape index (κ2) is 8.67. The second-order valence-electron chi connectivity index (χ2n) is 4.88. The maximum absolute atomic E-state index is 12.1. The van der Waals surface area contributed by atoms with E-state index in [1.54, 1.807) is 9.80 Å². The van der Waals surface area contributed by atoms with E-state index in [-0.39, 0.29) is 18.4 Å². The van der Waals surface area contributed by atoms with Crippen LogP contribution in [0.4, 0.5) is 0 Å². The third kappa shape index (κ3) is 5.76. The lowest BCUT2D eigenvalue weighted by Gasteiger charge is -2.25. The molecule has 0 saturated carbocycles. The van der Waals surface area contributed by atoms with Crippen molar-refractivity contribution >= 4 is 23.4 Å². The number of carbonyl (C=O) groups excluding carboxylic acids is 2. The number of halogens is 1. The van der Waals surface area contributed by atoms with Crippen molar-refractivity contribution in [1.29, 1.82) is 0 Å². The van der Waals surface area contributed by atoms with E-state index in [1.165, 1.54) is 6.92 Å². The predicted octanol–water partition coefficient (Wildman–Crippen LogP) is 2.60. The Morgan fingerprint density at radius 1 is 1.05 bits per heavy atom. The van der Waals surface area contributed by atoms with Crippen molar-refractivity contribution in [3.63, 3.8) is 0 Å². The molecule has 1 rings (SSSR count). The molecule has 0 spiro atoms. The van der Waals surface area contributed by atoms with Crippen LogP contribution in [0.5, 0.6) is 0 Å². The van der Waals surface area contributed by atoms with Crippen LogP contribution in [0.3, 0.4) is 0 Å². The Hall–Kier alpha value is -1.55. The number of rotatable bonds is 7. The third-order valence-corrected chi connectivity index (χ3v) is 3.72. The molecule has 0 radical (unpaired) electrons. The van der Waals surface area contributed by atoms with Crippen molar-refractivity contribution in [3.8, 4) is 0 Å². The van der Waals surface area contributed by atoms with Gasteiger partial charge in [-0.3, -0.25) is 9.59 Å². The molecular formula is C16H23ClN2O2. The molecule has 0 aliphatic rings. The van der Waals surface area contributed by atoms with E-state index in [0.29, 0.717) is 31.1 Å². The highest BCUT2D eigenvalue weighted by molar-refractivity contribution is 6.30. The van der Waals surface area contributed by atoms with Gasteiger partial charge in [-0.1, -0.05) is 23.7 Å². The average Bonchev–Trinajstić information content (AvgIpc) is 2.46. The molecule has 0 unspecified atom stereocenters. The van der Waals surface area contributed by atoms with Crippen molar-refractivity contribution in [1.82, 2.24) is 9.80 Å². The number of amides is 2. The molecule has 21 heavy (non-hydrogen) atoms. The number of carbonyl (C=O) groups is 2. The fourth-order valence-corrected chi connectivity index (χ4v) is 2.23. The molecule has 116 valence electrons. The van der Waals surface area contributed by atoms with Gasteiger partial charge in [-0.2, -0.15) is 0 Å². The summed E-state index contributed by atoms with van der Waals surface area (Å²) in [5, 5.41) is 0.693. The lowest BCUT2D eigenvalue weighted by molar-refractivity contribution is -0.139. The molecule has 0 bridgehead atoms. The molecule has 0 aliphatic carbocycles. The van der Waals surface area contributed by atoms with Crippen molar-refractivity contribution in [2.45, 2.75) is 27.2 Å². The van der Waals surface area contributed by atoms with Crippen LogP contribution >= 0.6 is 11.6 Å². The number of hydrogen-bond donors (Lipinski definition) is 0. The van der Waals surface area contributed by atoms with Crippen LogP contribution in [0.15, 0.2) is 24.3 Å². The van der Waals surface area contributed by atoms with Crippen molar-refractivity contribution in [3.05, 3.63) is 34.9 Å². The topological polar surface area (TPSA) is 40.6 Å². The highest BCUT2D eigenvalue weighted by atomic mass is 35.5. The number of benzene rings is 1. The van der Waals surface area contributed by atoms with Crippen molar-refractivity contribution < 1.29 is 9.59 Å². The van der Waals surface area contributed by atoms with Gasteiger partial charge in [0.15, 0.2) is 0 Å². The first-order valence-corrected chi connectivity index (χ1v) is 7.63. The molecule has 0 atom stereocenters. The summed E-state index contributed by atoms with van der Waals surface area (Å²) in [6.45, 7) is 7.38. The summed E-state index contributed by atoms with van der Waals surface area (Å²) in [4.78, 5) is 27.1. The van der Waals surface area contributed by atoms with E-state index >= 15 is 0 Å². The standard InChI is InChI=1S/C16H23ClN2O2/c1-4-18(5-2)16(21)12-19(13(3)20)11-10-14-6-8-15(17)9-7-14/h6-9H,4-5,10-12H2,1-3H3. The Morgan fingerprint density at radius 3 is 2.10 bits per heavy atom. The lowest BCUT2D eigenvalue weighted by atomic mass is 10.1. The fraction of sp³-hybridized carbons (Fsp3) is 0.500. The molecule has 5 heteroatoms. The van der Waals surface area contributed by atoms with Gasteiger partial charge in [-0.05, 0) is 38.0 Å². The van der Waals surface area contributed by atoms with E-state index in [1.807, 2.05) is 38.1 Å². The molecule has 0 saturated heterocycles. The molecule has 0 N–H and O–H groups in total. The van der Waals surface area contributed by atoms with Gasteiger partial charge in [-0.25, -0.2) is 0 Å².